The number of aromatic nitrogens is 3. The van der Waals surface area contributed by atoms with Gasteiger partial charge in [-0.2, -0.15) is 10.4 Å². The maximum absolute atomic E-state index is 10.1. The fourth-order valence-corrected chi connectivity index (χ4v) is 2.32. The molecular formula is C18H24N4O. The summed E-state index contributed by atoms with van der Waals surface area (Å²) in [6.45, 7) is 10.2. The van der Waals surface area contributed by atoms with Crippen LogP contribution in [0.15, 0.2) is 30.9 Å². The van der Waals surface area contributed by atoms with Gasteiger partial charge in [0.2, 0.25) is 0 Å². The first-order valence-corrected chi connectivity index (χ1v) is 7.73. The zero-order valence-corrected chi connectivity index (χ0v) is 14.4. The standard InChI is InChI=1S/C18H24N4O/c1-13(23)18(4,5)16-7-14(9-22-12-20-11-21-22)6-15(8-16)17(2,3)10-19/h6-8,11-13,23H,9H2,1-5H3. The Kier molecular flexibility index (Phi) is 4.58. The van der Waals surface area contributed by atoms with Crippen molar-refractivity contribution in [2.75, 3.05) is 0 Å². The van der Waals surface area contributed by atoms with Gasteiger partial charge in [0.1, 0.15) is 12.7 Å². The number of nitrogens with zero attached hydrogens (tertiary/aromatic N) is 4. The summed E-state index contributed by atoms with van der Waals surface area (Å²) >= 11 is 0. The van der Waals surface area contributed by atoms with Gasteiger partial charge in [0, 0.05) is 5.41 Å². The molecule has 23 heavy (non-hydrogen) atoms. The highest BCUT2D eigenvalue weighted by atomic mass is 16.3. The van der Waals surface area contributed by atoms with Crippen molar-refractivity contribution >= 4 is 0 Å². The molecule has 2 aromatic rings. The molecule has 0 radical (unpaired) electrons. The van der Waals surface area contributed by atoms with Crippen LogP contribution in [0.3, 0.4) is 0 Å². The molecule has 1 heterocycles. The van der Waals surface area contributed by atoms with Gasteiger partial charge in [-0.1, -0.05) is 32.0 Å². The van der Waals surface area contributed by atoms with Crippen LogP contribution in [0.5, 0.6) is 0 Å². The number of aliphatic hydroxyl groups excluding tert-OH is 1. The van der Waals surface area contributed by atoms with Gasteiger partial charge in [-0.05, 0) is 37.5 Å². The van der Waals surface area contributed by atoms with Crippen LogP contribution in [0.2, 0.25) is 0 Å². The molecule has 0 saturated carbocycles. The highest BCUT2D eigenvalue weighted by molar-refractivity contribution is 5.41. The van der Waals surface area contributed by atoms with Crippen molar-refractivity contribution < 1.29 is 5.11 Å². The van der Waals surface area contributed by atoms with E-state index in [1.54, 1.807) is 17.9 Å². The van der Waals surface area contributed by atoms with Gasteiger partial charge in [0.05, 0.1) is 24.1 Å². The molecule has 0 aliphatic carbocycles. The average molecular weight is 312 g/mol. The van der Waals surface area contributed by atoms with Crippen LogP contribution in [-0.2, 0) is 17.4 Å². The Hall–Kier alpha value is -2.19. The molecule has 0 fully saturated rings. The molecule has 0 aliphatic rings. The number of nitriles is 1. The van der Waals surface area contributed by atoms with Crippen molar-refractivity contribution in [1.29, 1.82) is 5.26 Å². The van der Waals surface area contributed by atoms with Crippen LogP contribution in [-0.4, -0.2) is 26.0 Å². The van der Waals surface area contributed by atoms with E-state index in [4.69, 9.17) is 0 Å². The summed E-state index contributed by atoms with van der Waals surface area (Å²) in [4.78, 5) is 3.96. The van der Waals surface area contributed by atoms with Crippen LogP contribution in [0.1, 0.15) is 51.3 Å². The maximum Gasteiger partial charge on any atom is 0.137 e. The van der Waals surface area contributed by atoms with Crippen molar-refractivity contribution in [3.05, 3.63) is 47.5 Å². The first-order chi connectivity index (χ1) is 10.7. The average Bonchev–Trinajstić information content (AvgIpc) is 2.99. The molecule has 0 saturated heterocycles. The molecule has 0 spiro atoms. The summed E-state index contributed by atoms with van der Waals surface area (Å²) < 4.78 is 1.75. The SMILES string of the molecule is CC(O)C(C)(C)c1cc(Cn2cncn2)cc(C(C)(C)C#N)c1. The minimum Gasteiger partial charge on any atom is -0.393 e. The summed E-state index contributed by atoms with van der Waals surface area (Å²) in [7, 11) is 0. The molecule has 122 valence electrons. The lowest BCUT2D eigenvalue weighted by Gasteiger charge is -2.31. The van der Waals surface area contributed by atoms with Crippen LogP contribution in [0, 0.1) is 11.3 Å². The normalized spacial score (nSPS) is 13.6. The molecule has 0 aliphatic heterocycles. The number of benzene rings is 1. The molecule has 0 bridgehead atoms. The van der Waals surface area contributed by atoms with Crippen LogP contribution < -0.4 is 0 Å². The smallest absolute Gasteiger partial charge is 0.137 e. The third-order valence-corrected chi connectivity index (χ3v) is 4.59. The van der Waals surface area contributed by atoms with E-state index in [-0.39, 0.29) is 0 Å². The molecule has 1 unspecified atom stereocenters. The molecule has 1 aromatic heterocycles. The number of hydrogen-bond acceptors (Lipinski definition) is 4. The zero-order valence-electron chi connectivity index (χ0n) is 14.4. The van der Waals surface area contributed by atoms with Gasteiger partial charge in [-0.25, -0.2) is 9.67 Å². The van der Waals surface area contributed by atoms with Crippen molar-refractivity contribution in [3.8, 4) is 6.07 Å². The molecule has 5 nitrogen and oxygen atoms in total. The molecular weight excluding hydrogens is 288 g/mol. The van der Waals surface area contributed by atoms with Gasteiger partial charge in [-0.3, -0.25) is 0 Å². The topological polar surface area (TPSA) is 74.7 Å². The van der Waals surface area contributed by atoms with E-state index in [1.165, 1.54) is 6.33 Å². The fraction of sp³-hybridized carbons (Fsp3) is 0.500. The number of aliphatic hydroxyl groups is 1. The first-order valence-electron chi connectivity index (χ1n) is 7.73. The van der Waals surface area contributed by atoms with Crippen molar-refractivity contribution in [1.82, 2.24) is 14.8 Å². The van der Waals surface area contributed by atoms with E-state index in [0.717, 1.165) is 16.7 Å². The summed E-state index contributed by atoms with van der Waals surface area (Å²) in [5.74, 6) is 0. The number of hydrogen-bond donors (Lipinski definition) is 1. The monoisotopic (exact) mass is 312 g/mol. The Morgan fingerprint density at radius 1 is 1.22 bits per heavy atom. The highest BCUT2D eigenvalue weighted by Crippen LogP contribution is 2.32. The molecule has 2 rings (SSSR count). The third kappa shape index (κ3) is 3.59. The largest absolute Gasteiger partial charge is 0.393 e. The quantitative estimate of drug-likeness (QED) is 0.921. The van der Waals surface area contributed by atoms with Crippen LogP contribution in [0.25, 0.3) is 0 Å². The minimum atomic E-state index is -0.595. The molecule has 0 amide bonds. The summed E-state index contributed by atoms with van der Waals surface area (Å²) in [5.41, 5.74) is 2.01. The lowest BCUT2D eigenvalue weighted by atomic mass is 9.76. The van der Waals surface area contributed by atoms with Crippen molar-refractivity contribution in [2.45, 2.75) is 58.1 Å². The Bertz CT molecular complexity index is 709. The Morgan fingerprint density at radius 2 is 1.87 bits per heavy atom. The zero-order chi connectivity index (χ0) is 17.3. The lowest BCUT2D eigenvalue weighted by molar-refractivity contribution is 0.118. The minimum absolute atomic E-state index is 0.404. The maximum atomic E-state index is 10.1. The van der Waals surface area contributed by atoms with E-state index in [2.05, 4.69) is 22.2 Å². The van der Waals surface area contributed by atoms with Gasteiger partial charge >= 0.3 is 0 Å². The van der Waals surface area contributed by atoms with Crippen LogP contribution >= 0.6 is 0 Å². The summed E-state index contributed by atoms with van der Waals surface area (Å²) in [6, 6.07) is 8.49. The van der Waals surface area contributed by atoms with E-state index >= 15 is 0 Å². The van der Waals surface area contributed by atoms with Gasteiger partial charge in [0.15, 0.2) is 0 Å². The molecule has 1 N–H and O–H groups in total. The molecule has 1 aromatic carbocycles. The Labute approximate surface area is 137 Å². The fourth-order valence-electron chi connectivity index (χ4n) is 2.32. The summed E-state index contributed by atoms with van der Waals surface area (Å²) in [5, 5.41) is 23.8. The predicted molar refractivity (Wildman–Crippen MR) is 88.9 cm³/mol. The van der Waals surface area contributed by atoms with Gasteiger partial charge in [-0.15, -0.1) is 0 Å². The Morgan fingerprint density at radius 3 is 2.39 bits per heavy atom. The second kappa shape index (κ2) is 6.13. The van der Waals surface area contributed by atoms with Gasteiger partial charge in [0.25, 0.3) is 0 Å². The first kappa shape index (κ1) is 17.2. The predicted octanol–water partition coefficient (Wildman–Crippen LogP) is 2.79. The van der Waals surface area contributed by atoms with Gasteiger partial charge < -0.3 is 5.11 Å². The van der Waals surface area contributed by atoms with E-state index < -0.39 is 16.9 Å². The molecule has 1 atom stereocenters. The number of rotatable bonds is 5. The summed E-state index contributed by atoms with van der Waals surface area (Å²) in [6.07, 6.45) is 2.67. The highest BCUT2D eigenvalue weighted by Gasteiger charge is 2.29. The lowest BCUT2D eigenvalue weighted by Crippen LogP contribution is -2.31. The second-order valence-corrected chi connectivity index (χ2v) is 7.15. The van der Waals surface area contributed by atoms with E-state index in [9.17, 15) is 10.4 Å². The third-order valence-electron chi connectivity index (χ3n) is 4.59. The van der Waals surface area contributed by atoms with E-state index in [0.29, 0.717) is 6.54 Å². The van der Waals surface area contributed by atoms with Crippen molar-refractivity contribution in [2.24, 2.45) is 0 Å². The second-order valence-electron chi connectivity index (χ2n) is 7.15. The van der Waals surface area contributed by atoms with E-state index in [1.807, 2.05) is 39.8 Å². The van der Waals surface area contributed by atoms with Crippen LogP contribution in [0.4, 0.5) is 0 Å². The molecule has 5 heteroatoms. The Balaban J connectivity index is 2.55. The van der Waals surface area contributed by atoms with Crippen molar-refractivity contribution in [3.63, 3.8) is 0 Å².